The van der Waals surface area contributed by atoms with Crippen molar-refractivity contribution in [2.75, 3.05) is 19.7 Å². The molecule has 0 aliphatic rings. The van der Waals surface area contributed by atoms with Gasteiger partial charge in [-0.15, -0.1) is 6.42 Å². The van der Waals surface area contributed by atoms with E-state index in [1.807, 2.05) is 0 Å². The summed E-state index contributed by atoms with van der Waals surface area (Å²) in [5.41, 5.74) is -2.03. The van der Waals surface area contributed by atoms with E-state index in [2.05, 4.69) is 16.6 Å². The molecule has 0 fully saturated rings. The third-order valence-electron chi connectivity index (χ3n) is 5.56. The number of fused-ring (bicyclic) bond motifs is 1. The summed E-state index contributed by atoms with van der Waals surface area (Å²) in [7, 11) is 0. The van der Waals surface area contributed by atoms with Gasteiger partial charge in [0.25, 0.3) is 5.91 Å². The van der Waals surface area contributed by atoms with Crippen molar-refractivity contribution in [3.05, 3.63) is 39.8 Å². The van der Waals surface area contributed by atoms with Gasteiger partial charge in [-0.05, 0) is 25.0 Å². The SMILES string of the molecule is C#CCNC(=O)OCCCCCCCCCCCCNC(=O)c1cc2cc(F)c(O)c(F)c2oc1=O. The highest BCUT2D eigenvalue weighted by Crippen LogP contribution is 2.28. The maximum absolute atomic E-state index is 13.9. The standard InChI is InChI=1S/C26H32F2N2O6/c1-2-13-30-26(34)35-15-12-10-8-6-4-3-5-7-9-11-14-29-24(32)19-16-18-17-20(27)22(31)21(28)23(18)36-25(19)33/h1,16-17,31H,3-15H2,(H,29,32)(H,30,34). The first-order valence-electron chi connectivity index (χ1n) is 12.1. The predicted molar refractivity (Wildman–Crippen MR) is 131 cm³/mol. The third kappa shape index (κ3) is 9.21. The first-order valence-corrected chi connectivity index (χ1v) is 12.1. The number of hydrogen-bond acceptors (Lipinski definition) is 6. The van der Waals surface area contributed by atoms with E-state index in [1.165, 1.54) is 0 Å². The summed E-state index contributed by atoms with van der Waals surface area (Å²) in [6.07, 6.45) is 14.6. The van der Waals surface area contributed by atoms with Crippen LogP contribution < -0.4 is 16.3 Å². The number of phenolic OH excluding ortho intramolecular Hbond substituents is 1. The lowest BCUT2D eigenvalue weighted by molar-refractivity contribution is 0.0949. The van der Waals surface area contributed by atoms with Crippen molar-refractivity contribution in [3.63, 3.8) is 0 Å². The number of amides is 2. The molecule has 2 rings (SSSR count). The van der Waals surface area contributed by atoms with Crippen LogP contribution in [-0.4, -0.2) is 36.8 Å². The Morgan fingerprint density at radius 3 is 2.22 bits per heavy atom. The number of benzene rings is 1. The average Bonchev–Trinajstić information content (AvgIpc) is 2.86. The number of unbranched alkanes of at least 4 members (excludes halogenated alkanes) is 9. The van der Waals surface area contributed by atoms with Crippen LogP contribution in [0.3, 0.4) is 0 Å². The highest BCUT2D eigenvalue weighted by Gasteiger charge is 2.19. The van der Waals surface area contributed by atoms with E-state index in [0.29, 0.717) is 13.2 Å². The molecule has 1 heterocycles. The van der Waals surface area contributed by atoms with Gasteiger partial charge in [-0.2, -0.15) is 4.39 Å². The Labute approximate surface area is 208 Å². The molecule has 0 spiro atoms. The van der Waals surface area contributed by atoms with Gasteiger partial charge in [0, 0.05) is 11.9 Å². The molecule has 3 N–H and O–H groups in total. The first kappa shape index (κ1) is 28.6. The number of alkyl carbamates (subject to hydrolysis) is 1. The summed E-state index contributed by atoms with van der Waals surface area (Å²) >= 11 is 0. The highest BCUT2D eigenvalue weighted by molar-refractivity contribution is 5.96. The lowest BCUT2D eigenvalue weighted by Crippen LogP contribution is -2.29. The van der Waals surface area contributed by atoms with Gasteiger partial charge in [0.15, 0.2) is 17.1 Å². The van der Waals surface area contributed by atoms with E-state index in [0.717, 1.165) is 76.3 Å². The van der Waals surface area contributed by atoms with Crippen LogP contribution in [0.25, 0.3) is 11.0 Å². The number of nitrogens with one attached hydrogen (secondary N) is 2. The van der Waals surface area contributed by atoms with Crippen molar-refractivity contribution >= 4 is 23.0 Å². The molecule has 0 aliphatic heterocycles. The normalized spacial score (nSPS) is 10.7. The van der Waals surface area contributed by atoms with Crippen molar-refractivity contribution < 1.29 is 32.6 Å². The second kappa shape index (κ2) is 15.4. The zero-order valence-corrected chi connectivity index (χ0v) is 20.2. The Hall–Kier alpha value is -3.61. The molecule has 1 aromatic heterocycles. The van der Waals surface area contributed by atoms with Gasteiger partial charge in [0.2, 0.25) is 5.82 Å². The number of ether oxygens (including phenoxy) is 1. The monoisotopic (exact) mass is 506 g/mol. The molecule has 36 heavy (non-hydrogen) atoms. The van der Waals surface area contributed by atoms with Crippen LogP contribution in [0.1, 0.15) is 74.6 Å². The van der Waals surface area contributed by atoms with Crippen LogP contribution in [0.4, 0.5) is 13.6 Å². The Balaban J connectivity index is 1.53. The van der Waals surface area contributed by atoms with E-state index >= 15 is 0 Å². The molecular formula is C26H32F2N2O6. The summed E-state index contributed by atoms with van der Waals surface area (Å²) < 4.78 is 37.2. The lowest BCUT2D eigenvalue weighted by atomic mass is 10.1. The number of hydrogen-bond donors (Lipinski definition) is 3. The van der Waals surface area contributed by atoms with Gasteiger partial charge < -0.3 is 24.9 Å². The minimum absolute atomic E-state index is 0.135. The lowest BCUT2D eigenvalue weighted by Gasteiger charge is -2.07. The molecule has 0 unspecified atom stereocenters. The van der Waals surface area contributed by atoms with E-state index in [9.17, 15) is 28.3 Å². The minimum atomic E-state index is -1.39. The van der Waals surface area contributed by atoms with Crippen molar-refractivity contribution in [3.8, 4) is 18.1 Å². The Kier molecular flexibility index (Phi) is 12.2. The van der Waals surface area contributed by atoms with Crippen molar-refractivity contribution in [2.45, 2.75) is 64.2 Å². The van der Waals surface area contributed by atoms with Crippen LogP contribution in [-0.2, 0) is 4.74 Å². The van der Waals surface area contributed by atoms with E-state index < -0.39 is 40.6 Å². The number of terminal acetylenes is 1. The largest absolute Gasteiger partial charge is 0.503 e. The van der Waals surface area contributed by atoms with Gasteiger partial charge in [-0.3, -0.25) is 4.79 Å². The van der Waals surface area contributed by atoms with E-state index in [-0.39, 0.29) is 17.5 Å². The Morgan fingerprint density at radius 2 is 1.58 bits per heavy atom. The second-order valence-electron chi connectivity index (χ2n) is 8.37. The highest BCUT2D eigenvalue weighted by atomic mass is 19.1. The summed E-state index contributed by atoms with van der Waals surface area (Å²) in [4.78, 5) is 35.5. The average molecular weight is 507 g/mol. The molecule has 0 atom stereocenters. The van der Waals surface area contributed by atoms with Crippen molar-refractivity contribution in [1.82, 2.24) is 10.6 Å². The molecule has 0 bridgehead atoms. The molecule has 0 saturated carbocycles. The van der Waals surface area contributed by atoms with Gasteiger partial charge in [-0.1, -0.05) is 57.3 Å². The van der Waals surface area contributed by atoms with Gasteiger partial charge in [0.1, 0.15) is 5.56 Å². The van der Waals surface area contributed by atoms with Gasteiger partial charge in [0.05, 0.1) is 13.2 Å². The van der Waals surface area contributed by atoms with Crippen LogP contribution in [0.2, 0.25) is 0 Å². The van der Waals surface area contributed by atoms with Crippen LogP contribution in [0.15, 0.2) is 21.3 Å². The topological polar surface area (TPSA) is 118 Å². The van der Waals surface area contributed by atoms with Gasteiger partial charge in [-0.25, -0.2) is 14.0 Å². The van der Waals surface area contributed by atoms with Crippen molar-refractivity contribution in [2.24, 2.45) is 0 Å². The fourth-order valence-corrected chi connectivity index (χ4v) is 3.62. The van der Waals surface area contributed by atoms with Crippen molar-refractivity contribution in [1.29, 1.82) is 0 Å². The predicted octanol–water partition coefficient (Wildman–Crippen LogP) is 4.77. The first-order chi connectivity index (χ1) is 17.3. The smallest absolute Gasteiger partial charge is 0.407 e. The van der Waals surface area contributed by atoms with Crippen LogP contribution in [0.5, 0.6) is 5.75 Å². The number of phenols is 1. The summed E-state index contributed by atoms with van der Waals surface area (Å²) in [6.45, 7) is 0.912. The third-order valence-corrected chi connectivity index (χ3v) is 5.56. The Morgan fingerprint density at radius 1 is 0.972 bits per heavy atom. The van der Waals surface area contributed by atoms with E-state index in [1.54, 1.807) is 0 Å². The number of halogens is 2. The molecule has 8 nitrogen and oxygen atoms in total. The Bertz CT molecular complexity index is 1130. The van der Waals surface area contributed by atoms with Crippen LogP contribution in [0, 0.1) is 24.0 Å². The molecule has 10 heteroatoms. The van der Waals surface area contributed by atoms with Gasteiger partial charge >= 0.3 is 11.7 Å². The fraction of sp³-hybridized carbons (Fsp3) is 0.500. The zero-order chi connectivity index (χ0) is 26.3. The van der Waals surface area contributed by atoms with Crippen LogP contribution >= 0.6 is 0 Å². The maximum Gasteiger partial charge on any atom is 0.407 e. The molecule has 1 aromatic carbocycles. The molecule has 0 aliphatic carbocycles. The van der Waals surface area contributed by atoms with E-state index in [4.69, 9.17) is 15.6 Å². The second-order valence-corrected chi connectivity index (χ2v) is 8.37. The quantitative estimate of drug-likeness (QED) is 0.182. The number of carbonyl (C=O) groups is 2. The maximum atomic E-state index is 13.9. The molecule has 0 saturated heterocycles. The molecule has 2 amide bonds. The number of aromatic hydroxyl groups is 1. The molecule has 0 radical (unpaired) electrons. The fourth-order valence-electron chi connectivity index (χ4n) is 3.62. The zero-order valence-electron chi connectivity index (χ0n) is 20.2. The summed E-state index contributed by atoms with van der Waals surface area (Å²) in [6, 6.07) is 1.85. The minimum Gasteiger partial charge on any atom is -0.503 e. The molecule has 196 valence electrons. The molecule has 2 aromatic rings. The molecular weight excluding hydrogens is 474 g/mol. The summed E-state index contributed by atoms with van der Waals surface area (Å²) in [5, 5.41) is 14.2. The summed E-state index contributed by atoms with van der Waals surface area (Å²) in [5.74, 6) is -2.22. The number of carbonyl (C=O) groups excluding carboxylic acids is 2. The number of rotatable bonds is 15.